The average Bonchev–Trinajstić information content (AvgIpc) is 2.58. The van der Waals surface area contributed by atoms with Crippen LogP contribution in [-0.2, 0) is 0 Å². The second-order valence-corrected chi connectivity index (χ2v) is 4.79. The van der Waals surface area contributed by atoms with Gasteiger partial charge in [-0.2, -0.15) is 0 Å². The van der Waals surface area contributed by atoms with E-state index >= 15 is 0 Å². The maximum atomic E-state index is 12.1. The third-order valence-electron chi connectivity index (χ3n) is 3.03. The predicted octanol–water partition coefficient (Wildman–Crippen LogP) is 2.05. The van der Waals surface area contributed by atoms with Crippen LogP contribution < -0.4 is 16.2 Å². The lowest BCUT2D eigenvalue weighted by molar-refractivity contribution is -0.383. The molecule has 9 heteroatoms. The minimum Gasteiger partial charge on any atom is -0.361 e. The number of carbonyl (C=O) groups excluding carboxylic acids is 1. The fourth-order valence-corrected chi connectivity index (χ4v) is 1.83. The molecule has 1 aromatic carbocycles. The maximum Gasteiger partial charge on any atom is 0.354 e. The van der Waals surface area contributed by atoms with Crippen LogP contribution in [0.15, 0.2) is 43.2 Å². The van der Waals surface area contributed by atoms with Gasteiger partial charge in [-0.05, 0) is 19.1 Å². The topological polar surface area (TPSA) is 122 Å². The highest BCUT2D eigenvalue weighted by Crippen LogP contribution is 2.28. The van der Waals surface area contributed by atoms with Crippen LogP contribution in [0.25, 0.3) is 0 Å². The number of anilines is 2. The molecule has 0 saturated carbocycles. The summed E-state index contributed by atoms with van der Waals surface area (Å²) in [6.45, 7) is 5.73. The van der Waals surface area contributed by atoms with Gasteiger partial charge in [0.2, 0.25) is 11.6 Å². The number of nitrogens with zero attached hydrogens (tertiary/aromatic N) is 3. The molecule has 0 fully saturated rings. The average molecular weight is 328 g/mol. The summed E-state index contributed by atoms with van der Waals surface area (Å²) in [4.78, 5) is 30.3. The Balaban J connectivity index is 2.16. The summed E-state index contributed by atoms with van der Waals surface area (Å²) < 4.78 is 0. The first-order chi connectivity index (χ1) is 11.5. The van der Waals surface area contributed by atoms with Crippen LogP contribution in [0.1, 0.15) is 15.9 Å². The summed E-state index contributed by atoms with van der Waals surface area (Å²) in [6, 6.07) is 6.88. The monoisotopic (exact) mass is 328 g/mol. The zero-order valence-corrected chi connectivity index (χ0v) is 12.9. The van der Waals surface area contributed by atoms with Crippen molar-refractivity contribution >= 4 is 23.2 Å². The number of aryl methyl sites for hydroxylation is 1. The van der Waals surface area contributed by atoms with E-state index in [4.69, 9.17) is 0 Å². The molecule has 2 aromatic rings. The van der Waals surface area contributed by atoms with Gasteiger partial charge in [0.15, 0.2) is 0 Å². The van der Waals surface area contributed by atoms with Gasteiger partial charge in [-0.1, -0.05) is 23.8 Å². The first-order valence-corrected chi connectivity index (χ1v) is 7.00. The number of carbonyl (C=O) groups is 1. The van der Waals surface area contributed by atoms with E-state index in [2.05, 4.69) is 32.7 Å². The van der Waals surface area contributed by atoms with E-state index in [0.717, 1.165) is 11.9 Å². The molecule has 0 bridgehead atoms. The molecule has 1 amide bonds. The zero-order valence-electron chi connectivity index (χ0n) is 12.9. The molecule has 0 aliphatic rings. The molecule has 9 nitrogen and oxygen atoms in total. The molecule has 1 aromatic heterocycles. The van der Waals surface area contributed by atoms with Gasteiger partial charge in [0.05, 0.1) is 4.92 Å². The van der Waals surface area contributed by atoms with Crippen LogP contribution in [0.5, 0.6) is 0 Å². The number of rotatable bonds is 7. The Hall–Kier alpha value is -3.49. The van der Waals surface area contributed by atoms with Crippen molar-refractivity contribution < 1.29 is 9.72 Å². The normalized spacial score (nSPS) is 9.88. The van der Waals surface area contributed by atoms with E-state index < -0.39 is 10.8 Å². The van der Waals surface area contributed by atoms with E-state index in [9.17, 15) is 14.9 Å². The molecule has 3 N–H and O–H groups in total. The minimum absolute atomic E-state index is 0.0296. The minimum atomic E-state index is -0.633. The van der Waals surface area contributed by atoms with Crippen molar-refractivity contribution in [3.8, 4) is 0 Å². The van der Waals surface area contributed by atoms with Crippen LogP contribution in [0.2, 0.25) is 0 Å². The van der Waals surface area contributed by atoms with Gasteiger partial charge in [0.1, 0.15) is 6.33 Å². The van der Waals surface area contributed by atoms with E-state index in [0.29, 0.717) is 12.1 Å². The molecule has 0 aliphatic heterocycles. The van der Waals surface area contributed by atoms with Crippen LogP contribution in [0, 0.1) is 17.0 Å². The summed E-state index contributed by atoms with van der Waals surface area (Å²) in [7, 11) is 0. The van der Waals surface area contributed by atoms with Gasteiger partial charge in [-0.25, -0.2) is 9.97 Å². The second kappa shape index (κ2) is 7.68. The lowest BCUT2D eigenvalue weighted by Crippen LogP contribution is -2.30. The first-order valence-electron chi connectivity index (χ1n) is 7.00. The van der Waals surface area contributed by atoms with Crippen LogP contribution >= 0.6 is 0 Å². The van der Waals surface area contributed by atoms with Gasteiger partial charge in [0, 0.05) is 12.1 Å². The Morgan fingerprint density at radius 2 is 1.96 bits per heavy atom. The Labute approximate surface area is 137 Å². The third-order valence-corrected chi connectivity index (χ3v) is 3.03. The van der Waals surface area contributed by atoms with Crippen LogP contribution in [0.4, 0.5) is 17.3 Å². The predicted molar refractivity (Wildman–Crippen MR) is 89.6 cm³/mol. The quantitative estimate of drug-likeness (QED) is 0.404. The van der Waals surface area contributed by atoms with Crippen molar-refractivity contribution in [2.24, 2.45) is 0 Å². The molecule has 24 heavy (non-hydrogen) atoms. The number of aromatic nitrogens is 2. The molecule has 0 unspecified atom stereocenters. The molecule has 0 radical (unpaired) electrons. The highest BCUT2D eigenvalue weighted by Gasteiger charge is 2.23. The van der Waals surface area contributed by atoms with E-state index in [1.54, 1.807) is 24.3 Å². The van der Waals surface area contributed by atoms with Crippen molar-refractivity contribution in [1.29, 1.82) is 0 Å². The number of nitro groups is 1. The lowest BCUT2D eigenvalue weighted by atomic mass is 10.1. The van der Waals surface area contributed by atoms with E-state index in [1.807, 2.05) is 6.92 Å². The van der Waals surface area contributed by atoms with Crippen molar-refractivity contribution in [3.63, 3.8) is 0 Å². The molecule has 2 rings (SSSR count). The SMILES string of the molecule is C=CCNc1ncnc(NNC(=O)c2ccc(C)cc2)c1[N+](=O)[O-]. The summed E-state index contributed by atoms with van der Waals surface area (Å²) in [5, 5.41) is 14.0. The fraction of sp³-hybridized carbons (Fsp3) is 0.133. The number of benzene rings is 1. The van der Waals surface area contributed by atoms with Gasteiger partial charge < -0.3 is 5.32 Å². The van der Waals surface area contributed by atoms with Crippen LogP contribution in [0.3, 0.4) is 0 Å². The second-order valence-electron chi connectivity index (χ2n) is 4.79. The van der Waals surface area contributed by atoms with Crippen molar-refractivity contribution in [1.82, 2.24) is 15.4 Å². The molecule has 1 heterocycles. The smallest absolute Gasteiger partial charge is 0.354 e. The first kappa shape index (κ1) is 16.9. The molecule has 0 spiro atoms. The van der Waals surface area contributed by atoms with Gasteiger partial charge in [-0.15, -0.1) is 6.58 Å². The summed E-state index contributed by atoms with van der Waals surface area (Å²) in [6.07, 6.45) is 2.69. The Bertz CT molecular complexity index is 760. The van der Waals surface area contributed by atoms with Crippen molar-refractivity contribution in [3.05, 3.63) is 64.5 Å². The number of hydrogen-bond donors (Lipinski definition) is 3. The van der Waals surface area contributed by atoms with E-state index in [1.165, 1.54) is 6.08 Å². The van der Waals surface area contributed by atoms with Gasteiger partial charge in [0.25, 0.3) is 5.91 Å². The van der Waals surface area contributed by atoms with Gasteiger partial charge >= 0.3 is 5.69 Å². The number of hydrazine groups is 1. The van der Waals surface area contributed by atoms with E-state index in [-0.39, 0.29) is 17.3 Å². The summed E-state index contributed by atoms with van der Waals surface area (Å²) >= 11 is 0. The number of hydrogen-bond acceptors (Lipinski definition) is 7. The Morgan fingerprint density at radius 1 is 1.29 bits per heavy atom. The number of nitrogens with one attached hydrogen (secondary N) is 3. The van der Waals surface area contributed by atoms with Crippen molar-refractivity contribution in [2.45, 2.75) is 6.92 Å². The Kier molecular flexibility index (Phi) is 5.40. The fourth-order valence-electron chi connectivity index (χ4n) is 1.83. The lowest BCUT2D eigenvalue weighted by Gasteiger charge is -2.10. The largest absolute Gasteiger partial charge is 0.361 e. The van der Waals surface area contributed by atoms with Crippen LogP contribution in [-0.4, -0.2) is 27.3 Å². The molecular formula is C15H16N6O3. The molecule has 124 valence electrons. The highest BCUT2D eigenvalue weighted by molar-refractivity contribution is 5.95. The summed E-state index contributed by atoms with van der Waals surface area (Å²) in [5.74, 6) is -0.535. The van der Waals surface area contributed by atoms with Crippen molar-refractivity contribution in [2.75, 3.05) is 17.3 Å². The molecular weight excluding hydrogens is 312 g/mol. The zero-order chi connectivity index (χ0) is 17.5. The highest BCUT2D eigenvalue weighted by atomic mass is 16.6. The third kappa shape index (κ3) is 4.03. The number of amides is 1. The molecule has 0 aliphatic carbocycles. The standard InChI is InChI=1S/C15H16N6O3/c1-3-8-16-13-12(21(23)24)14(18-9-17-13)19-20-15(22)11-6-4-10(2)5-7-11/h3-7,9H,1,8H2,2H3,(H,20,22)(H2,16,17,18,19). The molecule has 0 atom stereocenters. The molecule has 0 saturated heterocycles. The Morgan fingerprint density at radius 3 is 2.58 bits per heavy atom. The van der Waals surface area contributed by atoms with Gasteiger partial charge in [-0.3, -0.25) is 25.8 Å². The summed E-state index contributed by atoms with van der Waals surface area (Å²) in [5.41, 5.74) is 5.91. The maximum absolute atomic E-state index is 12.1.